The number of halogens is 1. The fourth-order valence-electron chi connectivity index (χ4n) is 4.89. The molecule has 1 aromatic carbocycles. The zero-order chi connectivity index (χ0) is 24.4. The van der Waals surface area contributed by atoms with E-state index in [1.54, 1.807) is 35.8 Å². The maximum absolute atomic E-state index is 13.3. The minimum absolute atomic E-state index is 0.0127. The van der Waals surface area contributed by atoms with E-state index >= 15 is 0 Å². The molecule has 0 aliphatic heterocycles. The summed E-state index contributed by atoms with van der Waals surface area (Å²) in [6.45, 7) is 0. The molecule has 182 valence electrons. The molecule has 0 radical (unpaired) electrons. The number of carbonyl (C=O) groups is 1. The van der Waals surface area contributed by atoms with Gasteiger partial charge in [0.05, 0.1) is 21.7 Å². The van der Waals surface area contributed by atoms with Crippen molar-refractivity contribution >= 4 is 45.7 Å². The van der Waals surface area contributed by atoms with Crippen molar-refractivity contribution in [3.63, 3.8) is 0 Å². The van der Waals surface area contributed by atoms with E-state index in [1.807, 2.05) is 0 Å². The second-order valence-electron chi connectivity index (χ2n) is 9.08. The normalized spacial score (nSPS) is 16.4. The molecule has 1 amide bonds. The number of benzene rings is 1. The summed E-state index contributed by atoms with van der Waals surface area (Å²) in [4.78, 5) is 29.7. The number of rotatable bonds is 6. The van der Waals surface area contributed by atoms with Crippen molar-refractivity contribution in [2.24, 2.45) is 4.99 Å². The van der Waals surface area contributed by atoms with Crippen LogP contribution in [0.2, 0.25) is 5.02 Å². The van der Waals surface area contributed by atoms with Crippen LogP contribution < -0.4 is 5.32 Å². The average Bonchev–Trinajstić information content (AvgIpc) is 3.47. The lowest BCUT2D eigenvalue weighted by atomic mass is 9.93. The maximum atomic E-state index is 13.3. The van der Waals surface area contributed by atoms with E-state index in [0.29, 0.717) is 17.1 Å². The molecule has 0 unspecified atom stereocenters. The largest absolute Gasteiger partial charge is 0.455 e. The Labute approximate surface area is 212 Å². The molecular formula is C26H26ClN3O4S. The summed E-state index contributed by atoms with van der Waals surface area (Å²) < 4.78 is 5.90. The van der Waals surface area contributed by atoms with Gasteiger partial charge in [0.15, 0.2) is 0 Å². The van der Waals surface area contributed by atoms with Crippen LogP contribution in [0, 0.1) is 10.1 Å². The van der Waals surface area contributed by atoms with Crippen molar-refractivity contribution in [1.29, 1.82) is 0 Å². The van der Waals surface area contributed by atoms with E-state index in [-0.39, 0.29) is 22.7 Å². The molecule has 2 aliphatic rings. The number of fused-ring (bicyclic) bond motifs is 1. The number of nitrogens with zero attached hydrogens (tertiary/aromatic N) is 2. The van der Waals surface area contributed by atoms with Crippen LogP contribution in [0.4, 0.5) is 10.7 Å². The van der Waals surface area contributed by atoms with Gasteiger partial charge in [0.25, 0.3) is 11.6 Å². The predicted octanol–water partition coefficient (Wildman–Crippen LogP) is 7.26. The van der Waals surface area contributed by atoms with Gasteiger partial charge in [0.1, 0.15) is 16.5 Å². The molecule has 2 heterocycles. The van der Waals surface area contributed by atoms with E-state index in [0.717, 1.165) is 67.5 Å². The van der Waals surface area contributed by atoms with E-state index in [2.05, 4.69) is 10.3 Å². The highest BCUT2D eigenvalue weighted by molar-refractivity contribution is 7.16. The highest BCUT2D eigenvalue weighted by atomic mass is 35.5. The van der Waals surface area contributed by atoms with Gasteiger partial charge in [-0.2, -0.15) is 0 Å². The molecule has 0 bridgehead atoms. The topological polar surface area (TPSA) is 97.7 Å². The standard InChI is InChI=1S/C26H26ClN3O4S/c27-21-14-17(30(32)33)10-12-19(21)22-13-11-18(34-22)15-28-26-24(20-8-4-5-9-23(20)35-26)25(31)29-16-6-2-1-3-7-16/h10-16H,1-9H2,(H,29,31)/b28-15+. The zero-order valence-electron chi connectivity index (χ0n) is 19.2. The second-order valence-corrected chi connectivity index (χ2v) is 10.6. The number of carbonyl (C=O) groups excluding carboxylic acids is 1. The lowest BCUT2D eigenvalue weighted by Gasteiger charge is -2.23. The number of hydrogen-bond donors (Lipinski definition) is 1. The van der Waals surface area contributed by atoms with E-state index < -0.39 is 4.92 Å². The minimum atomic E-state index is -0.488. The molecule has 9 heteroatoms. The number of nitro groups is 1. The first-order valence-corrected chi connectivity index (χ1v) is 13.2. The lowest BCUT2D eigenvalue weighted by molar-refractivity contribution is -0.384. The Balaban J connectivity index is 1.39. The van der Waals surface area contributed by atoms with Crippen LogP contribution in [0.15, 0.2) is 39.7 Å². The van der Waals surface area contributed by atoms with Crippen molar-refractivity contribution in [3.8, 4) is 11.3 Å². The number of hydrogen-bond acceptors (Lipinski definition) is 6. The van der Waals surface area contributed by atoms with Gasteiger partial charge in [-0.1, -0.05) is 30.9 Å². The van der Waals surface area contributed by atoms with E-state index in [1.165, 1.54) is 23.4 Å². The SMILES string of the molecule is O=C(NC1CCCCC1)c1c(/N=C/c2ccc(-c3ccc([N+](=O)[O-])cc3Cl)o2)sc2c1CCCC2. The van der Waals surface area contributed by atoms with Gasteiger partial charge in [-0.3, -0.25) is 14.9 Å². The van der Waals surface area contributed by atoms with Crippen LogP contribution in [-0.2, 0) is 12.8 Å². The first-order chi connectivity index (χ1) is 17.0. The van der Waals surface area contributed by atoms with Crippen LogP contribution in [0.5, 0.6) is 0 Å². The number of aliphatic imine (C=N–C) groups is 1. The molecule has 3 aromatic rings. The van der Waals surface area contributed by atoms with Crippen LogP contribution in [0.25, 0.3) is 11.3 Å². The van der Waals surface area contributed by atoms with Crippen LogP contribution in [0.3, 0.4) is 0 Å². The molecule has 0 atom stereocenters. The number of aryl methyl sites for hydroxylation is 1. The third-order valence-electron chi connectivity index (χ3n) is 6.68. The number of nitro benzene ring substituents is 1. The van der Waals surface area contributed by atoms with Gasteiger partial charge in [0, 0.05) is 28.6 Å². The number of nitrogens with one attached hydrogen (secondary N) is 1. The summed E-state index contributed by atoms with van der Waals surface area (Å²) in [6, 6.07) is 8.04. The third-order valence-corrected chi connectivity index (χ3v) is 8.20. The molecular weight excluding hydrogens is 486 g/mol. The smallest absolute Gasteiger partial charge is 0.270 e. The molecule has 35 heavy (non-hydrogen) atoms. The molecule has 5 rings (SSSR count). The van der Waals surface area contributed by atoms with E-state index in [9.17, 15) is 14.9 Å². The monoisotopic (exact) mass is 511 g/mol. The Kier molecular flexibility index (Phi) is 7.02. The van der Waals surface area contributed by atoms with Gasteiger partial charge in [-0.05, 0) is 62.3 Å². The minimum Gasteiger partial charge on any atom is -0.455 e. The van der Waals surface area contributed by atoms with Crippen LogP contribution in [-0.4, -0.2) is 23.1 Å². The Morgan fingerprint density at radius 3 is 2.71 bits per heavy atom. The summed E-state index contributed by atoms with van der Waals surface area (Å²) in [6.07, 6.45) is 11.4. The number of thiophene rings is 1. The summed E-state index contributed by atoms with van der Waals surface area (Å²) in [7, 11) is 0. The fraction of sp³-hybridized carbons (Fsp3) is 0.385. The highest BCUT2D eigenvalue weighted by Gasteiger charge is 2.27. The zero-order valence-corrected chi connectivity index (χ0v) is 20.8. The molecule has 7 nitrogen and oxygen atoms in total. The summed E-state index contributed by atoms with van der Waals surface area (Å²) in [5.74, 6) is 0.993. The van der Waals surface area contributed by atoms with Crippen molar-refractivity contribution in [2.45, 2.75) is 63.8 Å². The number of amides is 1. The average molecular weight is 512 g/mol. The van der Waals surface area contributed by atoms with Crippen LogP contribution in [0.1, 0.15) is 71.5 Å². The molecule has 2 aromatic heterocycles. The van der Waals surface area contributed by atoms with Gasteiger partial charge in [0.2, 0.25) is 0 Å². The highest BCUT2D eigenvalue weighted by Crippen LogP contribution is 2.40. The maximum Gasteiger partial charge on any atom is 0.270 e. The number of non-ortho nitro benzene ring substituents is 1. The fourth-order valence-corrected chi connectivity index (χ4v) is 6.39. The predicted molar refractivity (Wildman–Crippen MR) is 138 cm³/mol. The lowest BCUT2D eigenvalue weighted by Crippen LogP contribution is -2.36. The van der Waals surface area contributed by atoms with Crippen molar-refractivity contribution in [2.75, 3.05) is 0 Å². The molecule has 2 aliphatic carbocycles. The van der Waals surface area contributed by atoms with Gasteiger partial charge in [-0.15, -0.1) is 11.3 Å². The van der Waals surface area contributed by atoms with Gasteiger partial charge in [-0.25, -0.2) is 4.99 Å². The molecule has 0 saturated heterocycles. The Morgan fingerprint density at radius 1 is 1.14 bits per heavy atom. The second kappa shape index (κ2) is 10.3. The molecule has 1 saturated carbocycles. The Morgan fingerprint density at radius 2 is 1.94 bits per heavy atom. The third kappa shape index (κ3) is 5.18. The van der Waals surface area contributed by atoms with Crippen molar-refractivity contribution in [3.05, 3.63) is 67.2 Å². The quantitative estimate of drug-likeness (QED) is 0.214. The molecule has 1 fully saturated rings. The summed E-state index contributed by atoms with van der Waals surface area (Å²) >= 11 is 7.84. The molecule has 0 spiro atoms. The summed E-state index contributed by atoms with van der Waals surface area (Å²) in [5.41, 5.74) is 2.36. The summed E-state index contributed by atoms with van der Waals surface area (Å²) in [5, 5.41) is 15.2. The van der Waals surface area contributed by atoms with E-state index in [4.69, 9.17) is 16.0 Å². The van der Waals surface area contributed by atoms with Gasteiger partial charge >= 0.3 is 0 Å². The Bertz CT molecular complexity index is 1290. The number of furan rings is 1. The Hall–Kier alpha value is -2.97. The van der Waals surface area contributed by atoms with Crippen molar-refractivity contribution in [1.82, 2.24) is 5.32 Å². The molecule has 1 N–H and O–H groups in total. The van der Waals surface area contributed by atoms with Crippen molar-refractivity contribution < 1.29 is 14.1 Å². The first-order valence-electron chi connectivity index (χ1n) is 12.0. The van der Waals surface area contributed by atoms with Crippen LogP contribution >= 0.6 is 22.9 Å². The first kappa shape index (κ1) is 23.8. The van der Waals surface area contributed by atoms with Gasteiger partial charge < -0.3 is 9.73 Å².